The van der Waals surface area contributed by atoms with Crippen LogP contribution in [0.3, 0.4) is 0 Å². The highest BCUT2D eigenvalue weighted by atomic mass is 79.9. The van der Waals surface area contributed by atoms with Crippen molar-refractivity contribution < 1.29 is 0 Å². The number of benzene rings is 1. The Labute approximate surface area is 116 Å². The van der Waals surface area contributed by atoms with E-state index in [0.29, 0.717) is 5.92 Å². The van der Waals surface area contributed by atoms with Crippen LogP contribution in [-0.4, -0.2) is 9.97 Å². The van der Waals surface area contributed by atoms with Crippen molar-refractivity contribution in [2.24, 2.45) is 0 Å². The van der Waals surface area contributed by atoms with Crippen molar-refractivity contribution in [2.75, 3.05) is 5.32 Å². The maximum Gasteiger partial charge on any atom is 0.135 e. The quantitative estimate of drug-likeness (QED) is 0.853. The van der Waals surface area contributed by atoms with Gasteiger partial charge < -0.3 is 5.32 Å². The largest absolute Gasteiger partial charge is 0.340 e. The molecule has 1 aromatic carbocycles. The van der Waals surface area contributed by atoms with E-state index >= 15 is 0 Å². The highest BCUT2D eigenvalue weighted by Gasteiger charge is 2.07. The number of nitrogens with one attached hydrogen (secondary N) is 1. The molecule has 0 aliphatic heterocycles. The molecule has 2 rings (SSSR count). The van der Waals surface area contributed by atoms with Gasteiger partial charge in [-0.15, -0.1) is 0 Å². The standard InChI is InChI=1S/C14H16BrN3/c1-9(2)14-17-12(15)8-13(18-14)16-11-7-5-4-6-10(11)3/h4-9H,1-3H3,(H,16,17,18). The normalized spacial score (nSPS) is 10.7. The van der Waals surface area contributed by atoms with Crippen molar-refractivity contribution in [1.29, 1.82) is 0 Å². The zero-order chi connectivity index (χ0) is 13.1. The lowest BCUT2D eigenvalue weighted by Gasteiger charge is -2.11. The average molecular weight is 306 g/mol. The molecule has 1 N–H and O–H groups in total. The second-order valence-corrected chi connectivity index (χ2v) is 5.34. The summed E-state index contributed by atoms with van der Waals surface area (Å²) in [5.41, 5.74) is 2.26. The van der Waals surface area contributed by atoms with Crippen LogP contribution in [0.5, 0.6) is 0 Å². The molecule has 4 heteroatoms. The van der Waals surface area contributed by atoms with Crippen LogP contribution in [0.4, 0.5) is 11.5 Å². The molecule has 0 atom stereocenters. The minimum absolute atomic E-state index is 0.305. The van der Waals surface area contributed by atoms with Crippen molar-refractivity contribution in [3.05, 3.63) is 46.3 Å². The maximum absolute atomic E-state index is 4.52. The number of rotatable bonds is 3. The first-order valence-corrected chi connectivity index (χ1v) is 6.72. The Bertz CT molecular complexity index is 552. The number of anilines is 2. The smallest absolute Gasteiger partial charge is 0.135 e. The summed E-state index contributed by atoms with van der Waals surface area (Å²) in [5, 5.41) is 3.33. The van der Waals surface area contributed by atoms with E-state index in [0.717, 1.165) is 21.9 Å². The van der Waals surface area contributed by atoms with Crippen LogP contribution < -0.4 is 5.32 Å². The average Bonchev–Trinajstić information content (AvgIpc) is 2.31. The van der Waals surface area contributed by atoms with E-state index in [-0.39, 0.29) is 0 Å². The molecule has 94 valence electrons. The van der Waals surface area contributed by atoms with E-state index in [1.807, 2.05) is 24.3 Å². The van der Waals surface area contributed by atoms with Gasteiger partial charge in [0.2, 0.25) is 0 Å². The molecule has 1 heterocycles. The number of halogens is 1. The zero-order valence-electron chi connectivity index (χ0n) is 10.7. The van der Waals surface area contributed by atoms with Gasteiger partial charge in [-0.05, 0) is 34.5 Å². The summed E-state index contributed by atoms with van der Waals surface area (Å²) >= 11 is 3.42. The van der Waals surface area contributed by atoms with Gasteiger partial charge in [-0.1, -0.05) is 32.0 Å². The molecule has 0 amide bonds. The number of nitrogens with zero attached hydrogens (tertiary/aromatic N) is 2. The predicted molar refractivity (Wildman–Crippen MR) is 78.3 cm³/mol. The van der Waals surface area contributed by atoms with E-state index < -0.39 is 0 Å². The maximum atomic E-state index is 4.52. The first-order valence-electron chi connectivity index (χ1n) is 5.93. The summed E-state index contributed by atoms with van der Waals surface area (Å²) in [7, 11) is 0. The molecule has 3 nitrogen and oxygen atoms in total. The second-order valence-electron chi connectivity index (χ2n) is 4.53. The molecule has 1 aromatic heterocycles. The Morgan fingerprint density at radius 1 is 1.17 bits per heavy atom. The lowest BCUT2D eigenvalue weighted by Crippen LogP contribution is -2.02. The van der Waals surface area contributed by atoms with Crippen molar-refractivity contribution >= 4 is 27.4 Å². The molecule has 0 fully saturated rings. The van der Waals surface area contributed by atoms with E-state index in [4.69, 9.17) is 0 Å². The van der Waals surface area contributed by atoms with Gasteiger partial charge in [-0.2, -0.15) is 0 Å². The van der Waals surface area contributed by atoms with Crippen LogP contribution in [-0.2, 0) is 0 Å². The Hall–Kier alpha value is -1.42. The van der Waals surface area contributed by atoms with Crippen molar-refractivity contribution in [3.63, 3.8) is 0 Å². The molecule has 0 bridgehead atoms. The summed E-state index contributed by atoms with van der Waals surface area (Å²) in [5.74, 6) is 1.95. The van der Waals surface area contributed by atoms with Gasteiger partial charge in [0.05, 0.1) is 0 Å². The molecule has 18 heavy (non-hydrogen) atoms. The molecule has 0 saturated heterocycles. The molecule has 0 spiro atoms. The minimum Gasteiger partial charge on any atom is -0.340 e. The van der Waals surface area contributed by atoms with Crippen molar-refractivity contribution in [2.45, 2.75) is 26.7 Å². The third-order valence-corrected chi connectivity index (χ3v) is 3.04. The van der Waals surface area contributed by atoms with Gasteiger partial charge in [0.25, 0.3) is 0 Å². The van der Waals surface area contributed by atoms with E-state index in [1.165, 1.54) is 5.56 Å². The van der Waals surface area contributed by atoms with Crippen LogP contribution in [0.1, 0.15) is 31.2 Å². The Balaban J connectivity index is 2.32. The van der Waals surface area contributed by atoms with Crippen LogP contribution in [0.2, 0.25) is 0 Å². The number of aryl methyl sites for hydroxylation is 1. The first kappa shape index (κ1) is 13.0. The van der Waals surface area contributed by atoms with Gasteiger partial charge in [-0.25, -0.2) is 9.97 Å². The Kier molecular flexibility index (Phi) is 3.97. The third kappa shape index (κ3) is 3.07. The molecular formula is C14H16BrN3. The van der Waals surface area contributed by atoms with Crippen LogP contribution in [0.25, 0.3) is 0 Å². The summed E-state index contributed by atoms with van der Waals surface area (Å²) in [6.07, 6.45) is 0. The Morgan fingerprint density at radius 2 is 1.89 bits per heavy atom. The highest BCUT2D eigenvalue weighted by Crippen LogP contribution is 2.22. The molecule has 0 unspecified atom stereocenters. The molecular weight excluding hydrogens is 290 g/mol. The molecule has 2 aromatic rings. The fraction of sp³-hybridized carbons (Fsp3) is 0.286. The van der Waals surface area contributed by atoms with E-state index in [1.54, 1.807) is 0 Å². The summed E-state index contributed by atoms with van der Waals surface area (Å²) in [6.45, 7) is 6.24. The first-order chi connectivity index (χ1) is 8.56. The van der Waals surface area contributed by atoms with E-state index in [9.17, 15) is 0 Å². The van der Waals surface area contributed by atoms with Crippen LogP contribution >= 0.6 is 15.9 Å². The number of hydrogen-bond acceptors (Lipinski definition) is 3. The minimum atomic E-state index is 0.305. The van der Waals surface area contributed by atoms with Gasteiger partial charge in [0.1, 0.15) is 16.2 Å². The topological polar surface area (TPSA) is 37.8 Å². The van der Waals surface area contributed by atoms with Crippen molar-refractivity contribution in [3.8, 4) is 0 Å². The third-order valence-electron chi connectivity index (χ3n) is 2.64. The highest BCUT2D eigenvalue weighted by molar-refractivity contribution is 9.10. The number of para-hydroxylation sites is 1. The molecule has 0 aliphatic rings. The molecule has 0 radical (unpaired) electrons. The summed E-state index contributed by atoms with van der Waals surface area (Å²) < 4.78 is 0.803. The monoisotopic (exact) mass is 305 g/mol. The fourth-order valence-corrected chi connectivity index (χ4v) is 2.01. The SMILES string of the molecule is Cc1ccccc1Nc1cc(Br)nc(C(C)C)n1. The molecule has 0 aliphatic carbocycles. The fourth-order valence-electron chi connectivity index (χ4n) is 1.61. The lowest BCUT2D eigenvalue weighted by atomic mass is 10.2. The number of aromatic nitrogens is 2. The van der Waals surface area contributed by atoms with Gasteiger partial charge >= 0.3 is 0 Å². The second kappa shape index (κ2) is 5.48. The summed E-state index contributed by atoms with van der Waals surface area (Å²) in [4.78, 5) is 8.88. The molecule has 0 saturated carbocycles. The number of hydrogen-bond donors (Lipinski definition) is 1. The lowest BCUT2D eigenvalue weighted by molar-refractivity contribution is 0.771. The van der Waals surface area contributed by atoms with Crippen LogP contribution in [0.15, 0.2) is 34.9 Å². The van der Waals surface area contributed by atoms with Gasteiger partial charge in [0.15, 0.2) is 0 Å². The van der Waals surface area contributed by atoms with Gasteiger partial charge in [-0.3, -0.25) is 0 Å². The Morgan fingerprint density at radius 3 is 2.56 bits per heavy atom. The van der Waals surface area contributed by atoms with Gasteiger partial charge in [0, 0.05) is 17.7 Å². The zero-order valence-corrected chi connectivity index (χ0v) is 12.3. The van der Waals surface area contributed by atoms with Crippen LogP contribution in [0, 0.1) is 6.92 Å². The van der Waals surface area contributed by atoms with Crippen molar-refractivity contribution in [1.82, 2.24) is 9.97 Å². The predicted octanol–water partition coefficient (Wildman–Crippen LogP) is 4.41. The van der Waals surface area contributed by atoms with E-state index in [2.05, 4.69) is 58.1 Å². The summed E-state index contributed by atoms with van der Waals surface area (Å²) in [6, 6.07) is 10.0.